The number of hydrogen-bond acceptors (Lipinski definition) is 1. The normalized spacial score (nSPS) is 11.2. The standard InChI is InChI=1S/C13H6Cl3N/c14-7-1-3-9-11(5-7)17-12-6-8(15)2-4-10(12)13(9)16/h1-6H. The summed E-state index contributed by atoms with van der Waals surface area (Å²) in [4.78, 5) is 4.51. The maximum Gasteiger partial charge on any atom is 0.0739 e. The molecule has 0 aliphatic carbocycles. The molecule has 1 nitrogen and oxygen atoms in total. The molecule has 4 heteroatoms. The van der Waals surface area contributed by atoms with E-state index in [-0.39, 0.29) is 0 Å². The van der Waals surface area contributed by atoms with E-state index < -0.39 is 0 Å². The van der Waals surface area contributed by atoms with Gasteiger partial charge in [-0.05, 0) is 36.4 Å². The van der Waals surface area contributed by atoms with Crippen LogP contribution in [0.2, 0.25) is 15.1 Å². The number of halogens is 3. The van der Waals surface area contributed by atoms with Crippen LogP contribution in [0.3, 0.4) is 0 Å². The maximum absolute atomic E-state index is 6.35. The first-order chi connectivity index (χ1) is 8.15. The lowest BCUT2D eigenvalue weighted by atomic mass is 10.1. The van der Waals surface area contributed by atoms with Crippen molar-refractivity contribution in [2.75, 3.05) is 0 Å². The fourth-order valence-corrected chi connectivity index (χ4v) is 2.49. The van der Waals surface area contributed by atoms with Crippen LogP contribution in [0.25, 0.3) is 21.8 Å². The Bertz CT molecular complexity index is 677. The summed E-state index contributed by atoms with van der Waals surface area (Å²) in [5.41, 5.74) is 1.55. The van der Waals surface area contributed by atoms with Crippen molar-refractivity contribution in [3.63, 3.8) is 0 Å². The molecule has 0 unspecified atom stereocenters. The smallest absolute Gasteiger partial charge is 0.0739 e. The minimum atomic E-state index is 0.641. The Labute approximate surface area is 113 Å². The molecule has 3 rings (SSSR count). The van der Waals surface area contributed by atoms with Crippen molar-refractivity contribution in [1.82, 2.24) is 4.98 Å². The number of rotatable bonds is 0. The van der Waals surface area contributed by atoms with Gasteiger partial charge < -0.3 is 0 Å². The molecule has 2 aromatic carbocycles. The monoisotopic (exact) mass is 281 g/mol. The second-order valence-corrected chi connectivity index (χ2v) is 5.00. The second kappa shape index (κ2) is 4.02. The Morgan fingerprint density at radius 2 is 1.18 bits per heavy atom. The molecule has 1 heterocycles. The molecular formula is C13H6Cl3N. The average molecular weight is 283 g/mol. The minimum Gasteiger partial charge on any atom is -0.248 e. The van der Waals surface area contributed by atoms with Gasteiger partial charge in [0.05, 0.1) is 16.1 Å². The van der Waals surface area contributed by atoms with Crippen molar-refractivity contribution in [2.24, 2.45) is 0 Å². The van der Waals surface area contributed by atoms with E-state index in [1.165, 1.54) is 0 Å². The first kappa shape index (κ1) is 11.1. The highest BCUT2D eigenvalue weighted by atomic mass is 35.5. The molecule has 0 N–H and O–H groups in total. The van der Waals surface area contributed by atoms with Gasteiger partial charge in [0, 0.05) is 20.8 Å². The van der Waals surface area contributed by atoms with Crippen molar-refractivity contribution in [3.8, 4) is 0 Å². The third-order valence-corrected chi connectivity index (χ3v) is 3.51. The first-order valence-corrected chi connectivity index (χ1v) is 6.12. The van der Waals surface area contributed by atoms with Gasteiger partial charge in [-0.25, -0.2) is 4.98 Å². The predicted octanol–water partition coefficient (Wildman–Crippen LogP) is 5.35. The van der Waals surface area contributed by atoms with Gasteiger partial charge in [-0.15, -0.1) is 0 Å². The molecule has 17 heavy (non-hydrogen) atoms. The topological polar surface area (TPSA) is 12.9 Å². The lowest BCUT2D eigenvalue weighted by Crippen LogP contribution is -1.84. The highest BCUT2D eigenvalue weighted by molar-refractivity contribution is 6.41. The highest BCUT2D eigenvalue weighted by Gasteiger charge is 2.07. The summed E-state index contributed by atoms with van der Waals surface area (Å²) in [5.74, 6) is 0. The first-order valence-electron chi connectivity index (χ1n) is 4.99. The molecule has 0 radical (unpaired) electrons. The summed E-state index contributed by atoms with van der Waals surface area (Å²) < 4.78 is 0. The van der Waals surface area contributed by atoms with E-state index >= 15 is 0 Å². The molecule has 0 amide bonds. The van der Waals surface area contributed by atoms with Crippen LogP contribution >= 0.6 is 34.8 Å². The zero-order valence-corrected chi connectivity index (χ0v) is 10.8. The van der Waals surface area contributed by atoms with Crippen LogP contribution in [0.15, 0.2) is 36.4 Å². The molecule has 0 bridgehead atoms. The average Bonchev–Trinajstić information content (AvgIpc) is 2.28. The van der Waals surface area contributed by atoms with Crippen LogP contribution in [-0.2, 0) is 0 Å². The Balaban J connectivity index is 2.52. The quantitative estimate of drug-likeness (QED) is 0.507. The largest absolute Gasteiger partial charge is 0.248 e. The van der Waals surface area contributed by atoms with E-state index in [1.807, 2.05) is 12.1 Å². The summed E-state index contributed by atoms with van der Waals surface area (Å²) in [6.07, 6.45) is 0. The van der Waals surface area contributed by atoms with Crippen LogP contribution < -0.4 is 0 Å². The zero-order chi connectivity index (χ0) is 12.0. The Morgan fingerprint density at radius 1 is 0.706 bits per heavy atom. The van der Waals surface area contributed by atoms with E-state index in [0.29, 0.717) is 15.1 Å². The maximum atomic E-state index is 6.35. The Morgan fingerprint density at radius 3 is 1.65 bits per heavy atom. The van der Waals surface area contributed by atoms with Crippen molar-refractivity contribution >= 4 is 56.6 Å². The van der Waals surface area contributed by atoms with Gasteiger partial charge >= 0.3 is 0 Å². The summed E-state index contributed by atoms with van der Waals surface area (Å²) >= 11 is 18.2. The van der Waals surface area contributed by atoms with E-state index in [0.717, 1.165) is 21.8 Å². The Hall–Kier alpha value is -1.02. The molecule has 0 atom stereocenters. The molecule has 0 fully saturated rings. The molecular weight excluding hydrogens is 277 g/mol. The lowest BCUT2D eigenvalue weighted by Gasteiger charge is -2.05. The SMILES string of the molecule is Clc1ccc2c(Cl)c3ccc(Cl)cc3nc2c1. The summed E-state index contributed by atoms with van der Waals surface area (Å²) in [6, 6.07) is 11.0. The summed E-state index contributed by atoms with van der Waals surface area (Å²) in [6.45, 7) is 0. The zero-order valence-electron chi connectivity index (χ0n) is 8.55. The van der Waals surface area contributed by atoms with Crippen LogP contribution in [0, 0.1) is 0 Å². The molecule has 3 aromatic rings. The van der Waals surface area contributed by atoms with E-state index in [4.69, 9.17) is 34.8 Å². The van der Waals surface area contributed by atoms with Gasteiger partial charge in [0.1, 0.15) is 0 Å². The highest BCUT2D eigenvalue weighted by Crippen LogP contribution is 2.32. The number of fused-ring (bicyclic) bond motifs is 2. The predicted molar refractivity (Wildman–Crippen MR) is 74.3 cm³/mol. The van der Waals surface area contributed by atoms with Gasteiger partial charge in [0.25, 0.3) is 0 Å². The molecule has 84 valence electrons. The van der Waals surface area contributed by atoms with E-state index in [9.17, 15) is 0 Å². The van der Waals surface area contributed by atoms with Crippen LogP contribution in [-0.4, -0.2) is 4.98 Å². The molecule has 1 aromatic heterocycles. The third-order valence-electron chi connectivity index (χ3n) is 2.63. The fourth-order valence-electron chi connectivity index (χ4n) is 1.84. The van der Waals surface area contributed by atoms with Crippen LogP contribution in [0.1, 0.15) is 0 Å². The van der Waals surface area contributed by atoms with Crippen molar-refractivity contribution < 1.29 is 0 Å². The molecule has 0 aliphatic heterocycles. The number of benzene rings is 2. The second-order valence-electron chi connectivity index (χ2n) is 3.75. The summed E-state index contributed by atoms with van der Waals surface area (Å²) in [7, 11) is 0. The minimum absolute atomic E-state index is 0.641. The van der Waals surface area contributed by atoms with Crippen molar-refractivity contribution in [1.29, 1.82) is 0 Å². The number of pyridine rings is 1. The fraction of sp³-hybridized carbons (Fsp3) is 0. The number of hydrogen-bond donors (Lipinski definition) is 0. The Kier molecular flexibility index (Phi) is 2.62. The van der Waals surface area contributed by atoms with Gasteiger partial charge in [0.2, 0.25) is 0 Å². The van der Waals surface area contributed by atoms with Gasteiger partial charge in [-0.1, -0.05) is 34.8 Å². The number of nitrogens with zero attached hydrogens (tertiary/aromatic N) is 1. The van der Waals surface area contributed by atoms with Gasteiger partial charge in [-0.2, -0.15) is 0 Å². The lowest BCUT2D eigenvalue weighted by molar-refractivity contribution is 1.50. The van der Waals surface area contributed by atoms with Crippen LogP contribution in [0.5, 0.6) is 0 Å². The molecule has 0 saturated heterocycles. The van der Waals surface area contributed by atoms with Gasteiger partial charge in [-0.3, -0.25) is 0 Å². The van der Waals surface area contributed by atoms with Crippen molar-refractivity contribution in [2.45, 2.75) is 0 Å². The van der Waals surface area contributed by atoms with Crippen molar-refractivity contribution in [3.05, 3.63) is 51.5 Å². The van der Waals surface area contributed by atoms with E-state index in [1.54, 1.807) is 24.3 Å². The van der Waals surface area contributed by atoms with Gasteiger partial charge in [0.15, 0.2) is 0 Å². The van der Waals surface area contributed by atoms with E-state index in [2.05, 4.69) is 4.98 Å². The molecule has 0 aliphatic rings. The third kappa shape index (κ3) is 1.85. The van der Waals surface area contributed by atoms with Crippen LogP contribution in [0.4, 0.5) is 0 Å². The molecule has 0 saturated carbocycles. The number of aromatic nitrogens is 1. The molecule has 0 spiro atoms. The summed E-state index contributed by atoms with van der Waals surface area (Å²) in [5, 5.41) is 3.75.